The molecule has 0 heterocycles. The van der Waals surface area contributed by atoms with Crippen molar-refractivity contribution in [1.82, 2.24) is 5.32 Å². The maximum absolute atomic E-state index is 11.9. The molecule has 1 aromatic rings. The second-order valence-corrected chi connectivity index (χ2v) is 4.28. The average molecular weight is 265 g/mol. The van der Waals surface area contributed by atoms with Gasteiger partial charge in [0, 0.05) is 5.56 Å². The summed E-state index contributed by atoms with van der Waals surface area (Å²) in [6, 6.07) is 3.67. The number of benzene rings is 1. The molecule has 0 aliphatic carbocycles. The van der Waals surface area contributed by atoms with Crippen LogP contribution in [0.5, 0.6) is 0 Å². The molecule has 0 bridgehead atoms. The molecule has 0 unspecified atom stereocenters. The van der Waals surface area contributed by atoms with Crippen LogP contribution in [0.4, 0.5) is 0 Å². The first-order valence-corrected chi connectivity index (χ1v) is 5.64. The van der Waals surface area contributed by atoms with E-state index in [9.17, 15) is 14.4 Å². The Bertz CT molecular complexity index is 524. The molecule has 0 radical (unpaired) electrons. The summed E-state index contributed by atoms with van der Waals surface area (Å²) in [7, 11) is 0. The molecule has 0 aliphatic rings. The summed E-state index contributed by atoms with van der Waals surface area (Å²) in [5, 5.41) is 19.7. The Morgan fingerprint density at radius 1 is 1.21 bits per heavy atom. The number of hydrogen-bond donors (Lipinski definition) is 3. The quantitative estimate of drug-likeness (QED) is 0.735. The summed E-state index contributed by atoms with van der Waals surface area (Å²) in [5.41, 5.74) is 2.02. The molecule has 0 saturated heterocycles. The predicted octanol–water partition coefficient (Wildman–Crippen LogP) is 0.961. The normalized spacial score (nSPS) is 11.7. The maximum atomic E-state index is 11.9. The van der Waals surface area contributed by atoms with Crippen molar-refractivity contribution in [1.29, 1.82) is 0 Å². The zero-order valence-electron chi connectivity index (χ0n) is 10.6. The standard InChI is InChI=1S/C13H15NO5/c1-7-3-4-9(8(2)5-7)12(17)14-10(13(18)19)6-11(15)16/h3-5,10H,6H2,1-2H3,(H,14,17)(H,15,16)(H,18,19)/t10-/m1/s1. The molecule has 0 spiro atoms. The SMILES string of the molecule is Cc1ccc(C(=O)N[C@H](CC(=O)O)C(=O)O)c(C)c1. The molecule has 0 aromatic heterocycles. The van der Waals surface area contributed by atoms with Crippen LogP contribution in [0.15, 0.2) is 18.2 Å². The highest BCUT2D eigenvalue weighted by Crippen LogP contribution is 2.11. The Kier molecular flexibility index (Phi) is 4.63. The highest BCUT2D eigenvalue weighted by molar-refractivity contribution is 5.98. The first-order chi connectivity index (χ1) is 8.81. The molecule has 102 valence electrons. The lowest BCUT2D eigenvalue weighted by molar-refractivity contribution is -0.145. The van der Waals surface area contributed by atoms with E-state index >= 15 is 0 Å². The highest BCUT2D eigenvalue weighted by Gasteiger charge is 2.24. The zero-order chi connectivity index (χ0) is 14.6. The topological polar surface area (TPSA) is 104 Å². The van der Waals surface area contributed by atoms with Crippen molar-refractivity contribution < 1.29 is 24.6 Å². The van der Waals surface area contributed by atoms with Crippen LogP contribution in [0.3, 0.4) is 0 Å². The lowest BCUT2D eigenvalue weighted by Crippen LogP contribution is -2.42. The van der Waals surface area contributed by atoms with Crippen molar-refractivity contribution in [2.24, 2.45) is 0 Å². The van der Waals surface area contributed by atoms with Crippen molar-refractivity contribution in [2.75, 3.05) is 0 Å². The second kappa shape index (κ2) is 5.99. The van der Waals surface area contributed by atoms with Gasteiger partial charge in [0.2, 0.25) is 0 Å². The van der Waals surface area contributed by atoms with Crippen molar-refractivity contribution in [3.05, 3.63) is 34.9 Å². The molecule has 6 nitrogen and oxygen atoms in total. The number of nitrogens with one attached hydrogen (secondary N) is 1. The fourth-order valence-corrected chi connectivity index (χ4v) is 1.68. The summed E-state index contributed by atoms with van der Waals surface area (Å²) in [5.74, 6) is -3.25. The molecule has 0 fully saturated rings. The minimum absolute atomic E-state index is 0.335. The van der Waals surface area contributed by atoms with Crippen LogP contribution in [0.1, 0.15) is 27.9 Å². The molecule has 1 atom stereocenters. The van der Waals surface area contributed by atoms with E-state index in [1.807, 2.05) is 6.92 Å². The number of carbonyl (C=O) groups is 3. The van der Waals surface area contributed by atoms with E-state index in [2.05, 4.69) is 5.32 Å². The smallest absolute Gasteiger partial charge is 0.326 e. The third kappa shape index (κ3) is 4.09. The van der Waals surface area contributed by atoms with Crippen molar-refractivity contribution >= 4 is 17.8 Å². The summed E-state index contributed by atoms with van der Waals surface area (Å²) < 4.78 is 0. The van der Waals surface area contributed by atoms with Crippen LogP contribution in [-0.4, -0.2) is 34.1 Å². The largest absolute Gasteiger partial charge is 0.481 e. The van der Waals surface area contributed by atoms with Crippen LogP contribution in [0.25, 0.3) is 0 Å². The Morgan fingerprint density at radius 2 is 1.84 bits per heavy atom. The maximum Gasteiger partial charge on any atom is 0.326 e. The van der Waals surface area contributed by atoms with Gasteiger partial charge in [0.25, 0.3) is 5.91 Å². The van der Waals surface area contributed by atoms with Gasteiger partial charge in [0.05, 0.1) is 6.42 Å². The van der Waals surface area contributed by atoms with Gasteiger partial charge in [0.1, 0.15) is 6.04 Å². The van der Waals surface area contributed by atoms with Gasteiger partial charge in [-0.3, -0.25) is 9.59 Å². The summed E-state index contributed by atoms with van der Waals surface area (Å²) in [6.07, 6.45) is -0.661. The van der Waals surface area contributed by atoms with Gasteiger partial charge in [-0.2, -0.15) is 0 Å². The molecular weight excluding hydrogens is 250 g/mol. The van der Waals surface area contributed by atoms with E-state index in [-0.39, 0.29) is 0 Å². The third-order valence-corrected chi connectivity index (χ3v) is 2.61. The number of aryl methyl sites for hydroxylation is 2. The van der Waals surface area contributed by atoms with E-state index in [0.29, 0.717) is 11.1 Å². The van der Waals surface area contributed by atoms with Gasteiger partial charge in [-0.15, -0.1) is 0 Å². The van der Waals surface area contributed by atoms with Gasteiger partial charge in [-0.25, -0.2) is 4.79 Å². The number of carboxylic acid groups (broad SMARTS) is 2. The van der Waals surface area contributed by atoms with Crippen molar-refractivity contribution in [3.8, 4) is 0 Å². The van der Waals surface area contributed by atoms with Crippen LogP contribution >= 0.6 is 0 Å². The Morgan fingerprint density at radius 3 is 2.32 bits per heavy atom. The molecule has 1 rings (SSSR count). The van der Waals surface area contributed by atoms with E-state index in [1.165, 1.54) is 0 Å². The molecule has 3 N–H and O–H groups in total. The fraction of sp³-hybridized carbons (Fsp3) is 0.308. The lowest BCUT2D eigenvalue weighted by atomic mass is 10.0. The molecule has 0 aliphatic heterocycles. The molecule has 0 saturated carbocycles. The zero-order valence-corrected chi connectivity index (χ0v) is 10.6. The fourth-order valence-electron chi connectivity index (χ4n) is 1.68. The summed E-state index contributed by atoms with van der Waals surface area (Å²) in [4.78, 5) is 33.3. The number of carbonyl (C=O) groups excluding carboxylic acids is 1. The van der Waals surface area contributed by atoms with Crippen molar-refractivity contribution in [3.63, 3.8) is 0 Å². The minimum Gasteiger partial charge on any atom is -0.481 e. The molecule has 1 aromatic carbocycles. The molecule has 6 heteroatoms. The van der Waals surface area contributed by atoms with Gasteiger partial charge in [-0.05, 0) is 25.5 Å². The van der Waals surface area contributed by atoms with Crippen LogP contribution in [0, 0.1) is 13.8 Å². The summed E-state index contributed by atoms with van der Waals surface area (Å²) in [6.45, 7) is 3.61. The van der Waals surface area contributed by atoms with Crippen molar-refractivity contribution in [2.45, 2.75) is 26.3 Å². The third-order valence-electron chi connectivity index (χ3n) is 2.61. The Balaban J connectivity index is 2.87. The molecule has 1 amide bonds. The van der Waals surface area contributed by atoms with E-state index in [0.717, 1.165) is 5.56 Å². The van der Waals surface area contributed by atoms with Gasteiger partial charge < -0.3 is 15.5 Å². The van der Waals surface area contributed by atoms with Gasteiger partial charge >= 0.3 is 11.9 Å². The lowest BCUT2D eigenvalue weighted by Gasteiger charge is -2.13. The second-order valence-electron chi connectivity index (χ2n) is 4.28. The van der Waals surface area contributed by atoms with Crippen LogP contribution in [-0.2, 0) is 9.59 Å². The number of hydrogen-bond acceptors (Lipinski definition) is 3. The molecule has 19 heavy (non-hydrogen) atoms. The number of amides is 1. The van der Waals surface area contributed by atoms with E-state index in [1.54, 1.807) is 25.1 Å². The highest BCUT2D eigenvalue weighted by atomic mass is 16.4. The average Bonchev–Trinajstić information content (AvgIpc) is 2.26. The van der Waals surface area contributed by atoms with Crippen LogP contribution in [0.2, 0.25) is 0 Å². The van der Waals surface area contributed by atoms with Gasteiger partial charge in [0.15, 0.2) is 0 Å². The van der Waals surface area contributed by atoms with Gasteiger partial charge in [-0.1, -0.05) is 17.7 Å². The Hall–Kier alpha value is -2.37. The Labute approximate surface area is 110 Å². The van der Waals surface area contributed by atoms with E-state index < -0.39 is 30.3 Å². The van der Waals surface area contributed by atoms with E-state index in [4.69, 9.17) is 10.2 Å². The minimum atomic E-state index is -1.44. The number of aliphatic carboxylic acids is 2. The summed E-state index contributed by atoms with van der Waals surface area (Å²) >= 11 is 0. The number of carboxylic acids is 2. The predicted molar refractivity (Wildman–Crippen MR) is 67.1 cm³/mol. The first-order valence-electron chi connectivity index (χ1n) is 5.64. The number of rotatable bonds is 5. The first kappa shape index (κ1) is 14.7. The molecular formula is C13H15NO5. The van der Waals surface area contributed by atoms with Crippen LogP contribution < -0.4 is 5.32 Å². The monoisotopic (exact) mass is 265 g/mol.